The van der Waals surface area contributed by atoms with Crippen molar-refractivity contribution in [2.75, 3.05) is 33.4 Å². The lowest BCUT2D eigenvalue weighted by atomic mass is 9.99. The fourth-order valence-electron chi connectivity index (χ4n) is 2.61. The number of carboxylic acid groups (broad SMARTS) is 1. The van der Waals surface area contributed by atoms with Gasteiger partial charge in [-0.2, -0.15) is 0 Å². The van der Waals surface area contributed by atoms with E-state index in [1.165, 1.54) is 0 Å². The van der Waals surface area contributed by atoms with Gasteiger partial charge in [-0.05, 0) is 26.4 Å². The molecule has 2 fully saturated rings. The van der Waals surface area contributed by atoms with Gasteiger partial charge >= 0.3 is 12.0 Å². The Morgan fingerprint density at radius 2 is 2.26 bits per heavy atom. The van der Waals surface area contributed by atoms with Gasteiger partial charge in [0, 0.05) is 25.6 Å². The van der Waals surface area contributed by atoms with Crippen LogP contribution in [0.4, 0.5) is 4.79 Å². The summed E-state index contributed by atoms with van der Waals surface area (Å²) in [7, 11) is 2.01. The largest absolute Gasteiger partial charge is 0.479 e. The molecule has 0 saturated carbocycles. The number of carbonyl (C=O) groups excluding carboxylic acids is 1. The zero-order valence-electron chi connectivity index (χ0n) is 11.1. The summed E-state index contributed by atoms with van der Waals surface area (Å²) in [5.41, 5.74) is -1.27. The van der Waals surface area contributed by atoms with Crippen LogP contribution in [-0.4, -0.2) is 66.9 Å². The van der Waals surface area contributed by atoms with Crippen LogP contribution in [0, 0.1) is 0 Å². The van der Waals surface area contributed by atoms with Gasteiger partial charge in [0.1, 0.15) is 0 Å². The van der Waals surface area contributed by atoms with E-state index in [9.17, 15) is 14.7 Å². The van der Waals surface area contributed by atoms with E-state index in [2.05, 4.69) is 15.5 Å². The van der Waals surface area contributed by atoms with E-state index >= 15 is 0 Å². The average Bonchev–Trinajstić information content (AvgIpc) is 2.78. The van der Waals surface area contributed by atoms with E-state index in [4.69, 9.17) is 4.74 Å². The van der Waals surface area contributed by atoms with Crippen LogP contribution in [0.15, 0.2) is 0 Å². The zero-order valence-corrected chi connectivity index (χ0v) is 11.1. The van der Waals surface area contributed by atoms with Gasteiger partial charge in [-0.3, -0.25) is 0 Å². The summed E-state index contributed by atoms with van der Waals surface area (Å²) in [5.74, 6) is -1.04. The number of piperidine rings is 1. The molecule has 0 spiro atoms. The third kappa shape index (κ3) is 3.36. The zero-order chi connectivity index (χ0) is 13.9. The highest BCUT2D eigenvalue weighted by Crippen LogP contribution is 2.19. The lowest BCUT2D eigenvalue weighted by Crippen LogP contribution is -2.60. The minimum atomic E-state index is -1.27. The van der Waals surface area contributed by atoms with Crippen LogP contribution in [0.3, 0.4) is 0 Å². The fourth-order valence-corrected chi connectivity index (χ4v) is 2.61. The third-order valence-electron chi connectivity index (χ3n) is 3.74. The summed E-state index contributed by atoms with van der Waals surface area (Å²) >= 11 is 0. The first-order chi connectivity index (χ1) is 9.02. The Balaban J connectivity index is 1.87. The van der Waals surface area contributed by atoms with Crippen molar-refractivity contribution in [1.29, 1.82) is 0 Å². The Kier molecular flexibility index (Phi) is 4.26. The van der Waals surface area contributed by atoms with E-state index in [1.807, 2.05) is 7.05 Å². The number of nitrogens with zero attached hydrogens (tertiary/aromatic N) is 1. The highest BCUT2D eigenvalue weighted by atomic mass is 16.5. The number of carboxylic acids is 1. The first-order valence-electron chi connectivity index (χ1n) is 6.60. The molecule has 2 heterocycles. The predicted molar refractivity (Wildman–Crippen MR) is 68.0 cm³/mol. The van der Waals surface area contributed by atoms with Crippen LogP contribution >= 0.6 is 0 Å². The molecule has 19 heavy (non-hydrogen) atoms. The van der Waals surface area contributed by atoms with Gasteiger partial charge in [0.05, 0.1) is 6.61 Å². The van der Waals surface area contributed by atoms with Crippen molar-refractivity contribution < 1.29 is 19.4 Å². The lowest BCUT2D eigenvalue weighted by molar-refractivity contribution is -0.144. The van der Waals surface area contributed by atoms with Crippen LogP contribution in [-0.2, 0) is 9.53 Å². The number of hydrogen-bond donors (Lipinski definition) is 3. The van der Waals surface area contributed by atoms with Gasteiger partial charge in [-0.1, -0.05) is 0 Å². The quantitative estimate of drug-likeness (QED) is 0.651. The lowest BCUT2D eigenvalue weighted by Gasteiger charge is -2.31. The highest BCUT2D eigenvalue weighted by molar-refractivity contribution is 5.86. The number of likely N-dealkylation sites (tertiary alicyclic amines) is 1. The normalized spacial score (nSPS) is 31.9. The van der Waals surface area contributed by atoms with Gasteiger partial charge in [-0.25, -0.2) is 9.59 Å². The van der Waals surface area contributed by atoms with Crippen molar-refractivity contribution in [3.05, 3.63) is 0 Å². The van der Waals surface area contributed by atoms with Gasteiger partial charge in [-0.15, -0.1) is 0 Å². The molecule has 2 aliphatic heterocycles. The Bertz CT molecular complexity index is 355. The van der Waals surface area contributed by atoms with E-state index < -0.39 is 17.5 Å². The minimum absolute atomic E-state index is 0.0281. The predicted octanol–water partition coefficient (Wildman–Crippen LogP) is -0.376. The summed E-state index contributed by atoms with van der Waals surface area (Å²) in [6.45, 7) is 2.22. The van der Waals surface area contributed by atoms with Crippen LogP contribution in [0.25, 0.3) is 0 Å². The SMILES string of the molecule is CN1CCCC(NC(=O)NC2(C(=O)O)CCOC2)C1. The molecule has 7 nitrogen and oxygen atoms in total. The number of urea groups is 1. The van der Waals surface area contributed by atoms with Crippen LogP contribution in [0.5, 0.6) is 0 Å². The van der Waals surface area contributed by atoms with Gasteiger partial charge in [0.15, 0.2) is 5.54 Å². The smallest absolute Gasteiger partial charge is 0.332 e. The standard InChI is InChI=1S/C12H21N3O4/c1-15-5-2-3-9(7-15)13-11(18)14-12(10(16)17)4-6-19-8-12/h9H,2-8H2,1H3,(H,16,17)(H2,13,14,18). The van der Waals surface area contributed by atoms with Crippen molar-refractivity contribution >= 4 is 12.0 Å². The summed E-state index contributed by atoms with van der Waals surface area (Å²) in [5, 5.41) is 14.6. The first kappa shape index (κ1) is 14.1. The second-order valence-electron chi connectivity index (χ2n) is 5.39. The second-order valence-corrected chi connectivity index (χ2v) is 5.39. The number of amides is 2. The van der Waals surface area contributed by atoms with Crippen LogP contribution in [0.2, 0.25) is 0 Å². The number of aliphatic carboxylic acids is 1. The molecule has 108 valence electrons. The van der Waals surface area contributed by atoms with Crippen LogP contribution < -0.4 is 10.6 Å². The number of likely N-dealkylation sites (N-methyl/N-ethyl adjacent to an activating group) is 1. The van der Waals surface area contributed by atoms with E-state index in [1.54, 1.807) is 0 Å². The Hall–Kier alpha value is -1.34. The molecule has 2 atom stereocenters. The van der Waals surface area contributed by atoms with Crippen molar-refractivity contribution in [1.82, 2.24) is 15.5 Å². The van der Waals surface area contributed by atoms with E-state index in [-0.39, 0.29) is 12.6 Å². The van der Waals surface area contributed by atoms with Crippen molar-refractivity contribution in [2.45, 2.75) is 30.8 Å². The molecule has 0 aromatic heterocycles. The number of rotatable bonds is 3. The van der Waals surface area contributed by atoms with Crippen molar-refractivity contribution in [3.63, 3.8) is 0 Å². The fraction of sp³-hybridized carbons (Fsp3) is 0.833. The third-order valence-corrected chi connectivity index (χ3v) is 3.74. The van der Waals surface area contributed by atoms with Gasteiger partial charge in [0.25, 0.3) is 0 Å². The summed E-state index contributed by atoms with van der Waals surface area (Å²) in [4.78, 5) is 25.3. The van der Waals surface area contributed by atoms with Crippen LogP contribution in [0.1, 0.15) is 19.3 Å². The summed E-state index contributed by atoms with van der Waals surface area (Å²) in [6.07, 6.45) is 2.27. The first-order valence-corrected chi connectivity index (χ1v) is 6.60. The topological polar surface area (TPSA) is 90.9 Å². The van der Waals surface area contributed by atoms with Gasteiger partial charge in [0.2, 0.25) is 0 Å². The monoisotopic (exact) mass is 271 g/mol. The Morgan fingerprint density at radius 3 is 2.84 bits per heavy atom. The Morgan fingerprint density at radius 1 is 1.47 bits per heavy atom. The number of ether oxygens (including phenoxy) is 1. The summed E-state index contributed by atoms with van der Waals surface area (Å²) < 4.78 is 5.10. The molecule has 0 radical (unpaired) electrons. The maximum absolute atomic E-state index is 11.9. The molecular formula is C12H21N3O4. The number of nitrogens with one attached hydrogen (secondary N) is 2. The maximum Gasteiger partial charge on any atom is 0.332 e. The minimum Gasteiger partial charge on any atom is -0.479 e. The molecule has 0 aromatic carbocycles. The average molecular weight is 271 g/mol. The molecule has 2 amide bonds. The molecule has 0 aromatic rings. The van der Waals surface area contributed by atoms with Crippen molar-refractivity contribution in [3.8, 4) is 0 Å². The number of carbonyl (C=O) groups is 2. The molecule has 0 aliphatic carbocycles. The summed E-state index contributed by atoms with van der Waals surface area (Å²) in [6, 6.07) is -0.347. The second kappa shape index (κ2) is 5.75. The molecule has 2 saturated heterocycles. The van der Waals surface area contributed by atoms with E-state index in [0.29, 0.717) is 13.0 Å². The maximum atomic E-state index is 11.9. The molecule has 7 heteroatoms. The highest BCUT2D eigenvalue weighted by Gasteiger charge is 2.44. The molecule has 2 rings (SSSR count). The molecule has 2 unspecified atom stereocenters. The molecule has 2 aliphatic rings. The molecular weight excluding hydrogens is 250 g/mol. The van der Waals surface area contributed by atoms with E-state index in [0.717, 1.165) is 25.9 Å². The molecule has 0 bridgehead atoms. The van der Waals surface area contributed by atoms with Crippen molar-refractivity contribution in [2.24, 2.45) is 0 Å². The van der Waals surface area contributed by atoms with Gasteiger partial charge < -0.3 is 25.4 Å². The Labute approximate surface area is 112 Å². The number of hydrogen-bond acceptors (Lipinski definition) is 4. The molecule has 3 N–H and O–H groups in total.